The number of hydrogen-bond acceptors (Lipinski definition) is 36. The van der Waals surface area contributed by atoms with Crippen LogP contribution >= 0.6 is 23.2 Å². The van der Waals surface area contributed by atoms with Crippen LogP contribution in [0.4, 0.5) is 91.8 Å². The van der Waals surface area contributed by atoms with Crippen LogP contribution < -0.4 is 129 Å². The molecule has 0 saturated carbocycles. The van der Waals surface area contributed by atoms with Crippen molar-refractivity contribution in [2.24, 2.45) is 15.7 Å². The third-order valence-corrected chi connectivity index (χ3v) is 23.1. The Labute approximate surface area is 872 Å². The molecule has 0 atom stereocenters. The fourth-order valence-electron chi connectivity index (χ4n) is 14.2. The van der Waals surface area contributed by atoms with Gasteiger partial charge in [0, 0.05) is 178 Å². The molecule has 0 bridgehead atoms. The van der Waals surface area contributed by atoms with Crippen molar-refractivity contribution in [1.82, 2.24) is 70.1 Å². The second kappa shape index (κ2) is 54.7. The van der Waals surface area contributed by atoms with Crippen LogP contribution in [0, 0.1) is 13.8 Å². The normalized spacial score (nSPS) is 12.4. The first-order valence-electron chi connectivity index (χ1n) is 46.3. The standard InChI is InChI=1S/C27H33ClN8O3.C26H32ClN7O2.C26H33N9O3.C26H33N7O2/c1-8-24(38)32-20-12-21(23(39-7)13-22(20)36(6)10-9-35(4)5)33-27-31-15-19(28)25(34-27)17-11-18(16(2)37)26(29-3)30-14-17;1-8-24(35)30-20-12-21(23(36-7)13-22(20)34(6)10-9-33(4)5)31-26-29-15-19(27)25(32-26)18-11-16(2)17(3)28-14-18;1-7-23(36)31-19-13-20(22(38-6)14-21(19)35(5)11-10-34(3)4)33-26-29-9-8-18(32-26)16-12-17(24(27)37)25(28-2)30-15-16;1-8-25(34)29-21-14-22(24(35-7)15-23(21)33(6)12-11-32(4)5)31-26-27-10-9-20(30-26)19-13-17(2)18(3)28-16-19/h8,11-15H,1,9-10H2,2-7H3,(H,29,30)(H,32,38)(H,31,33,34);8,11-15H,1,3,9-10H2,2,4-7H3,(H,30,35)(H2,29,31,32);7-9,12-15H,1,10-11H2,2-6H3,(H2,27,37)(H,28,30)(H,31,36)(H,29,32,33);8-10,13-16H,1,3,11-12H2,2,4-7H3,(H,29,34)(H2,27,30,31). The van der Waals surface area contributed by atoms with Gasteiger partial charge in [-0.3, -0.25) is 38.7 Å². The van der Waals surface area contributed by atoms with Crippen molar-refractivity contribution in [3.05, 3.63) is 239 Å². The number of methoxy groups -OCH3 is 4. The number of anilines is 16. The van der Waals surface area contributed by atoms with Gasteiger partial charge < -0.3 is 128 Å². The molecule has 14 N–H and O–H groups in total. The van der Waals surface area contributed by atoms with E-state index in [1.165, 1.54) is 37.4 Å². The molecular formula is C105H131Cl2N31O10. The Kier molecular flexibility index (Phi) is 42.4. The number of halogens is 2. The van der Waals surface area contributed by atoms with Crippen LogP contribution in [0.1, 0.15) is 38.8 Å². The third kappa shape index (κ3) is 32.1. The molecule has 2 aliphatic rings. The van der Waals surface area contributed by atoms with Crippen LogP contribution in [0.25, 0.3) is 47.1 Å². The van der Waals surface area contributed by atoms with Crippen LogP contribution in [0.2, 0.25) is 5.02 Å². The number of aliphatic imine (C=N–C) groups is 2. The van der Waals surface area contributed by atoms with Gasteiger partial charge in [-0.1, -0.05) is 62.7 Å². The van der Waals surface area contributed by atoms with Gasteiger partial charge in [0.05, 0.1) is 164 Å². The number of likely N-dealkylation sites (N-methyl/N-ethyl adjacent to an activating group) is 8. The third-order valence-electron chi connectivity index (χ3n) is 22.5. The largest absolute Gasteiger partial charge is 0.494 e. The lowest BCUT2D eigenvalue weighted by Gasteiger charge is -2.26. The molecule has 148 heavy (non-hydrogen) atoms. The van der Waals surface area contributed by atoms with E-state index in [1.54, 1.807) is 122 Å². The van der Waals surface area contributed by atoms with E-state index in [9.17, 15) is 28.8 Å². The van der Waals surface area contributed by atoms with Gasteiger partial charge in [-0.2, -0.15) is 0 Å². The van der Waals surface area contributed by atoms with E-state index >= 15 is 0 Å². The van der Waals surface area contributed by atoms with Crippen molar-refractivity contribution in [1.29, 1.82) is 0 Å². The van der Waals surface area contributed by atoms with E-state index in [0.717, 1.165) is 101 Å². The van der Waals surface area contributed by atoms with Crippen molar-refractivity contribution < 1.29 is 47.7 Å². The monoisotopic (exact) mass is 2060 g/mol. The van der Waals surface area contributed by atoms with Crippen LogP contribution in [0.5, 0.6) is 23.0 Å². The number of benzene rings is 4. The summed E-state index contributed by atoms with van der Waals surface area (Å²) in [6.45, 7) is 33.7. The van der Waals surface area contributed by atoms with Crippen molar-refractivity contribution in [3.63, 3.8) is 0 Å². The molecule has 0 saturated heterocycles. The van der Waals surface area contributed by atoms with Gasteiger partial charge >= 0.3 is 0 Å². The van der Waals surface area contributed by atoms with E-state index in [4.69, 9.17) is 47.9 Å². The van der Waals surface area contributed by atoms with E-state index in [1.807, 2.05) is 157 Å². The van der Waals surface area contributed by atoms with Gasteiger partial charge in [0.1, 0.15) is 34.6 Å². The molecule has 0 fully saturated rings. The SMILES string of the molecule is C=CC(=O)Nc1cc(NC2=NC=C(Cl)C(=c3cnc(=C)c(C)c3)N2)c(OC)cc1N(C)CCN(C)C.C=CC(=O)Nc1cc(NC2=NC=CC(=c3cnc(=C)c(C)c3)N2)c(OC)cc1N(C)CCN(C)C.C=CC(=O)Nc1cc(Nc2ncc(Cl)c(-c3cnc(NC)c(C(C)=O)c3)n2)c(OC)cc1N(C)CCN(C)C.C=CC(=O)Nc1cc(Nc2nccc(-c3cnc(NC)c(C(N)=O)c3)n2)c(OC)cc1N(C)CCN(C)C. The predicted molar refractivity (Wildman–Crippen MR) is 600 cm³/mol. The molecule has 43 heteroatoms. The number of ether oxygens (including phenoxy) is 4. The Balaban J connectivity index is 0.000000219. The molecule has 0 unspecified atom stereocenters. The van der Waals surface area contributed by atoms with Crippen LogP contribution in [0.15, 0.2) is 200 Å². The molecule has 0 aliphatic carbocycles. The highest BCUT2D eigenvalue weighted by atomic mass is 35.5. The average molecular weight is 2060 g/mol. The number of nitrogens with two attached hydrogens (primary N) is 1. The number of pyridine rings is 4. The molecule has 0 radical (unpaired) electrons. The lowest BCUT2D eigenvalue weighted by atomic mass is 10.1. The lowest BCUT2D eigenvalue weighted by molar-refractivity contribution is -0.112. The van der Waals surface area contributed by atoms with Gasteiger partial charge in [0.2, 0.25) is 47.4 Å². The molecule has 6 aromatic heterocycles. The van der Waals surface area contributed by atoms with E-state index in [0.29, 0.717) is 143 Å². The Morgan fingerprint density at radius 2 is 0.811 bits per heavy atom. The van der Waals surface area contributed by atoms with Crippen molar-refractivity contribution in [3.8, 4) is 45.5 Å². The van der Waals surface area contributed by atoms with Crippen molar-refractivity contribution in [2.75, 3.05) is 252 Å². The minimum Gasteiger partial charge on any atom is -0.494 e. The molecule has 10 aromatic rings. The number of aryl methyl sites for hydroxylation is 2. The first-order chi connectivity index (χ1) is 70.6. The Hall–Kier alpha value is -16.9. The minimum absolute atomic E-state index is 0.147. The number of amides is 5. The highest BCUT2D eigenvalue weighted by Gasteiger charge is 2.26. The summed E-state index contributed by atoms with van der Waals surface area (Å²) >= 11 is 12.9. The predicted octanol–water partition coefficient (Wildman–Crippen LogP) is 10.7. The zero-order valence-electron chi connectivity index (χ0n) is 87.4. The molecule has 780 valence electrons. The highest BCUT2D eigenvalue weighted by molar-refractivity contribution is 6.36. The number of Topliss-reactive ketones (excluding diaryl/α,β-unsaturated/α-hetero) is 1. The number of hydrogen-bond donors (Lipinski definition) is 13. The maximum atomic E-state index is 12.2. The summed E-state index contributed by atoms with van der Waals surface area (Å²) in [5.41, 5.74) is 19.5. The number of carbonyl (C=O) groups excluding carboxylic acids is 6. The van der Waals surface area contributed by atoms with Crippen molar-refractivity contribution in [2.45, 2.75) is 20.8 Å². The summed E-state index contributed by atoms with van der Waals surface area (Å²) < 4.78 is 22.6. The number of aromatic nitrogens is 8. The number of primary amides is 1. The lowest BCUT2D eigenvalue weighted by Crippen LogP contribution is -2.35. The summed E-state index contributed by atoms with van der Waals surface area (Å²) in [5.74, 6) is 2.43. The number of carbonyl (C=O) groups is 6. The number of guanidine groups is 2. The quantitative estimate of drug-likeness (QED) is 0.0125. The maximum absolute atomic E-state index is 12.2. The summed E-state index contributed by atoms with van der Waals surface area (Å²) in [6, 6.07) is 23.5. The summed E-state index contributed by atoms with van der Waals surface area (Å²) in [4.78, 5) is 133. The highest BCUT2D eigenvalue weighted by Crippen LogP contribution is 2.43. The average Bonchev–Trinajstić information content (AvgIpc) is 0.788. The number of nitrogens with zero attached hydrogens (tertiary/aromatic N) is 18. The van der Waals surface area contributed by atoms with Crippen LogP contribution in [-0.4, -0.2) is 286 Å². The Morgan fingerprint density at radius 3 is 1.20 bits per heavy atom. The molecule has 0 spiro atoms. The van der Waals surface area contributed by atoms with Gasteiger partial charge in [0.25, 0.3) is 5.91 Å². The Bertz CT molecular complexity index is 6950. The zero-order chi connectivity index (χ0) is 108. The van der Waals surface area contributed by atoms with Gasteiger partial charge in [-0.25, -0.2) is 39.9 Å². The summed E-state index contributed by atoms with van der Waals surface area (Å²) in [6.07, 6.45) is 19.7. The molecule has 12 rings (SSSR count). The summed E-state index contributed by atoms with van der Waals surface area (Å²) in [7, 11) is 33.5. The molecule has 5 amide bonds. The summed E-state index contributed by atoms with van der Waals surface area (Å²) in [5, 5.41) is 40.6. The van der Waals surface area contributed by atoms with Crippen LogP contribution in [0.3, 0.4) is 0 Å². The number of ketones is 1. The number of rotatable bonds is 40. The Morgan fingerprint density at radius 1 is 0.432 bits per heavy atom. The molecule has 2 aliphatic heterocycles. The second-order valence-electron chi connectivity index (χ2n) is 34.5. The first-order valence-corrected chi connectivity index (χ1v) is 47.0. The number of nitrogens with one attached hydrogen (secondary N) is 12. The topological polar surface area (TPSA) is 463 Å². The smallest absolute Gasteiger partial charge is 0.252 e. The fourth-order valence-corrected chi connectivity index (χ4v) is 14.6. The molecule has 4 aromatic carbocycles. The van der Waals surface area contributed by atoms with E-state index in [2.05, 4.69) is 183 Å². The molecular weight excluding hydrogens is 1930 g/mol. The van der Waals surface area contributed by atoms with Crippen molar-refractivity contribution >= 4 is 187 Å². The van der Waals surface area contributed by atoms with E-state index in [-0.39, 0.29) is 51.9 Å². The van der Waals surface area contributed by atoms with Gasteiger partial charge in [-0.05, 0) is 173 Å². The van der Waals surface area contributed by atoms with Gasteiger partial charge in [-0.15, -0.1) is 0 Å². The maximum Gasteiger partial charge on any atom is 0.252 e. The molecule has 41 nitrogen and oxygen atoms in total. The van der Waals surface area contributed by atoms with Gasteiger partial charge in [0.15, 0.2) is 5.78 Å². The zero-order valence-corrected chi connectivity index (χ0v) is 88.9. The molecule has 8 heterocycles. The second-order valence-corrected chi connectivity index (χ2v) is 35.3. The van der Waals surface area contributed by atoms with Crippen LogP contribution in [-0.2, 0) is 19.2 Å². The minimum atomic E-state index is -0.606. The fraction of sp³-hybridized carbons (Fsp3) is 0.276. The van der Waals surface area contributed by atoms with E-state index < -0.39 is 5.91 Å². The first kappa shape index (κ1) is 115.